The Balaban J connectivity index is 1.38. The molecule has 2 aliphatic rings. The topological polar surface area (TPSA) is 106 Å². The summed E-state index contributed by atoms with van der Waals surface area (Å²) in [6.07, 6.45) is 3.81. The summed E-state index contributed by atoms with van der Waals surface area (Å²) in [5.74, 6) is 1.13. The van der Waals surface area contributed by atoms with Crippen LogP contribution in [0.5, 0.6) is 0 Å². The van der Waals surface area contributed by atoms with E-state index in [9.17, 15) is 14.4 Å². The highest BCUT2D eigenvalue weighted by molar-refractivity contribution is 8.00. The Morgan fingerprint density at radius 1 is 1.11 bits per heavy atom. The van der Waals surface area contributed by atoms with Gasteiger partial charge in [-0.05, 0) is 19.8 Å². The van der Waals surface area contributed by atoms with Crippen LogP contribution in [0.2, 0.25) is 0 Å². The number of rotatable bonds is 14. The molecular weight excluding hydrogens is 370 g/mol. The van der Waals surface area contributed by atoms with Gasteiger partial charge >= 0.3 is 6.03 Å². The van der Waals surface area contributed by atoms with Gasteiger partial charge in [0.05, 0.1) is 38.5 Å². The molecule has 2 saturated heterocycles. The largest absolute Gasteiger partial charge is 0.379 e. The number of unbranched alkanes of at least 4 members (excludes halogenated alkanes) is 1. The molecule has 0 bridgehead atoms. The van der Waals surface area contributed by atoms with Crippen molar-refractivity contribution in [2.75, 3.05) is 38.7 Å². The number of Topliss-reactive ketones (excluding diaryl/α,β-unsaturated/α-hetero) is 1. The van der Waals surface area contributed by atoms with Gasteiger partial charge in [0.2, 0.25) is 5.91 Å². The third kappa shape index (κ3) is 8.49. The second kappa shape index (κ2) is 12.2. The van der Waals surface area contributed by atoms with Crippen LogP contribution in [0, 0.1) is 0 Å². The maximum atomic E-state index is 11.8. The molecule has 0 spiro atoms. The molecule has 27 heavy (non-hydrogen) atoms. The number of urea groups is 1. The number of ether oxygens (including phenoxy) is 2. The fraction of sp³-hybridized carbons (Fsp3) is 0.833. The van der Waals surface area contributed by atoms with E-state index >= 15 is 0 Å². The zero-order valence-electron chi connectivity index (χ0n) is 16.0. The first kappa shape index (κ1) is 22.0. The van der Waals surface area contributed by atoms with E-state index in [1.807, 2.05) is 11.8 Å². The summed E-state index contributed by atoms with van der Waals surface area (Å²) in [5, 5.41) is 9.22. The van der Waals surface area contributed by atoms with Crippen molar-refractivity contribution in [3.05, 3.63) is 0 Å². The number of amides is 3. The predicted molar refractivity (Wildman–Crippen MR) is 104 cm³/mol. The Labute approximate surface area is 164 Å². The van der Waals surface area contributed by atoms with E-state index in [2.05, 4.69) is 16.0 Å². The number of ketones is 1. The Morgan fingerprint density at radius 2 is 1.89 bits per heavy atom. The predicted octanol–water partition coefficient (Wildman–Crippen LogP) is 0.841. The number of nitrogens with one attached hydrogen (secondary N) is 3. The first-order valence-electron chi connectivity index (χ1n) is 9.66. The number of carbonyl (C=O) groups is 3. The van der Waals surface area contributed by atoms with Gasteiger partial charge in [-0.25, -0.2) is 4.79 Å². The Hall–Kier alpha value is -1.32. The number of hydrogen-bond acceptors (Lipinski definition) is 6. The van der Waals surface area contributed by atoms with Crippen LogP contribution >= 0.6 is 11.8 Å². The molecule has 0 aromatic rings. The smallest absolute Gasteiger partial charge is 0.315 e. The van der Waals surface area contributed by atoms with Crippen molar-refractivity contribution < 1.29 is 23.9 Å². The third-order valence-electron chi connectivity index (χ3n) is 4.62. The first-order chi connectivity index (χ1) is 13.1. The molecule has 154 valence electrons. The third-order valence-corrected chi connectivity index (χ3v) is 6.13. The van der Waals surface area contributed by atoms with Gasteiger partial charge in [0.15, 0.2) is 0 Å². The van der Waals surface area contributed by atoms with Gasteiger partial charge in [-0.3, -0.25) is 9.59 Å². The number of fused-ring (bicyclic) bond motifs is 1. The van der Waals surface area contributed by atoms with Crippen LogP contribution < -0.4 is 16.0 Å². The van der Waals surface area contributed by atoms with Gasteiger partial charge < -0.3 is 25.4 Å². The van der Waals surface area contributed by atoms with Crippen LogP contribution in [0.25, 0.3) is 0 Å². The molecule has 0 aromatic heterocycles. The SMILES string of the molecule is CC(=O)CCOCCOCCNC(=O)CCCC[C@@H]1SC[C@@H]2NC(=O)N[C@@H]21. The average molecular weight is 402 g/mol. The number of thioether (sulfide) groups is 1. The molecule has 3 amide bonds. The summed E-state index contributed by atoms with van der Waals surface area (Å²) in [7, 11) is 0. The van der Waals surface area contributed by atoms with Crippen LogP contribution in [-0.4, -0.2) is 73.8 Å². The lowest BCUT2D eigenvalue weighted by Crippen LogP contribution is -2.36. The minimum absolute atomic E-state index is 0.0455. The second-order valence-electron chi connectivity index (χ2n) is 6.89. The molecular formula is C18H31N3O5S. The van der Waals surface area contributed by atoms with Crippen LogP contribution in [-0.2, 0) is 19.1 Å². The van der Waals surface area contributed by atoms with Crippen LogP contribution in [0.4, 0.5) is 4.79 Å². The van der Waals surface area contributed by atoms with Crippen molar-refractivity contribution in [2.24, 2.45) is 0 Å². The molecule has 3 N–H and O–H groups in total. The van der Waals surface area contributed by atoms with Crippen LogP contribution in [0.1, 0.15) is 39.0 Å². The van der Waals surface area contributed by atoms with Crippen molar-refractivity contribution in [1.82, 2.24) is 16.0 Å². The molecule has 2 aliphatic heterocycles. The van der Waals surface area contributed by atoms with Crippen molar-refractivity contribution in [2.45, 2.75) is 56.4 Å². The zero-order chi connectivity index (χ0) is 19.5. The molecule has 2 heterocycles. The summed E-state index contributed by atoms with van der Waals surface area (Å²) < 4.78 is 10.6. The standard InChI is InChI=1S/C18H31N3O5S/c1-13(22)6-8-25-10-11-26-9-7-19-16(23)5-3-2-4-15-17-14(12-27-15)20-18(24)21-17/h14-15,17H,2-12H2,1H3,(H,19,23)(H2,20,21,24)/t14-,15-,17-/m0/s1. The van der Waals surface area contributed by atoms with Gasteiger partial charge in [-0.1, -0.05) is 6.42 Å². The summed E-state index contributed by atoms with van der Waals surface area (Å²) in [5.41, 5.74) is 0. The molecule has 3 atom stereocenters. The van der Waals surface area contributed by atoms with E-state index in [1.54, 1.807) is 0 Å². The minimum atomic E-state index is -0.0560. The fourth-order valence-electron chi connectivity index (χ4n) is 3.16. The van der Waals surface area contributed by atoms with E-state index in [0.717, 1.165) is 25.0 Å². The average Bonchev–Trinajstić information content (AvgIpc) is 3.16. The van der Waals surface area contributed by atoms with E-state index in [0.29, 0.717) is 51.1 Å². The normalized spacial score (nSPS) is 23.6. The second-order valence-corrected chi connectivity index (χ2v) is 8.17. The van der Waals surface area contributed by atoms with Crippen molar-refractivity contribution in [1.29, 1.82) is 0 Å². The Bertz CT molecular complexity index is 505. The Morgan fingerprint density at radius 3 is 2.67 bits per heavy atom. The molecule has 0 aromatic carbocycles. The first-order valence-corrected chi connectivity index (χ1v) is 10.7. The monoisotopic (exact) mass is 401 g/mol. The molecule has 9 heteroatoms. The summed E-state index contributed by atoms with van der Waals surface area (Å²) in [6, 6.07) is 0.440. The lowest BCUT2D eigenvalue weighted by Gasteiger charge is -2.16. The molecule has 0 radical (unpaired) electrons. The van der Waals surface area contributed by atoms with Crippen molar-refractivity contribution in [3.63, 3.8) is 0 Å². The molecule has 2 fully saturated rings. The van der Waals surface area contributed by atoms with Crippen molar-refractivity contribution >= 4 is 29.5 Å². The summed E-state index contributed by atoms with van der Waals surface area (Å²) >= 11 is 1.90. The molecule has 0 saturated carbocycles. The van der Waals surface area contributed by atoms with E-state index < -0.39 is 0 Å². The zero-order valence-corrected chi connectivity index (χ0v) is 16.8. The van der Waals surface area contributed by atoms with Crippen LogP contribution in [0.3, 0.4) is 0 Å². The van der Waals surface area contributed by atoms with Crippen molar-refractivity contribution in [3.8, 4) is 0 Å². The highest BCUT2D eigenvalue weighted by Gasteiger charge is 2.42. The summed E-state index contributed by atoms with van der Waals surface area (Å²) in [4.78, 5) is 33.9. The van der Waals surface area contributed by atoms with E-state index in [4.69, 9.17) is 9.47 Å². The fourth-order valence-corrected chi connectivity index (χ4v) is 4.71. The van der Waals surface area contributed by atoms with Gasteiger partial charge in [-0.2, -0.15) is 11.8 Å². The van der Waals surface area contributed by atoms with Gasteiger partial charge in [0, 0.05) is 30.4 Å². The quantitative estimate of drug-likeness (QED) is 0.294. The Kier molecular flexibility index (Phi) is 9.93. The van der Waals surface area contributed by atoms with Gasteiger partial charge in [0.25, 0.3) is 0 Å². The highest BCUT2D eigenvalue weighted by Crippen LogP contribution is 2.33. The maximum absolute atomic E-state index is 11.8. The lowest BCUT2D eigenvalue weighted by molar-refractivity contribution is -0.121. The molecule has 8 nitrogen and oxygen atoms in total. The molecule has 2 rings (SSSR count). The summed E-state index contributed by atoms with van der Waals surface area (Å²) in [6.45, 7) is 3.83. The van der Waals surface area contributed by atoms with E-state index in [1.165, 1.54) is 6.92 Å². The molecule has 0 unspecified atom stereocenters. The minimum Gasteiger partial charge on any atom is -0.379 e. The number of carbonyl (C=O) groups excluding carboxylic acids is 3. The maximum Gasteiger partial charge on any atom is 0.315 e. The highest BCUT2D eigenvalue weighted by atomic mass is 32.2. The number of hydrogen-bond donors (Lipinski definition) is 3. The van der Waals surface area contributed by atoms with E-state index in [-0.39, 0.29) is 29.8 Å². The lowest BCUT2D eigenvalue weighted by atomic mass is 10.0. The van der Waals surface area contributed by atoms with Gasteiger partial charge in [0.1, 0.15) is 5.78 Å². The molecule has 0 aliphatic carbocycles. The van der Waals surface area contributed by atoms with Crippen LogP contribution in [0.15, 0.2) is 0 Å². The van der Waals surface area contributed by atoms with Gasteiger partial charge in [-0.15, -0.1) is 0 Å².